The third kappa shape index (κ3) is 3.69. The van der Waals surface area contributed by atoms with Gasteiger partial charge in [-0.25, -0.2) is 9.59 Å². The molecule has 3 unspecified atom stereocenters. The third-order valence-electron chi connectivity index (χ3n) is 2.95. The highest BCUT2D eigenvalue weighted by Crippen LogP contribution is 2.28. The largest absolute Gasteiger partial charge is 0.463 e. The van der Waals surface area contributed by atoms with Gasteiger partial charge in [-0.3, -0.25) is 4.79 Å². The first-order valence-corrected chi connectivity index (χ1v) is 6.57. The van der Waals surface area contributed by atoms with Gasteiger partial charge < -0.3 is 18.9 Å². The number of rotatable bonds is 4. The Morgan fingerprint density at radius 2 is 2.24 bits per heavy atom. The van der Waals surface area contributed by atoms with Crippen LogP contribution in [0.25, 0.3) is 0 Å². The maximum absolute atomic E-state index is 11.5. The van der Waals surface area contributed by atoms with Gasteiger partial charge in [0, 0.05) is 13.0 Å². The van der Waals surface area contributed by atoms with Gasteiger partial charge in [-0.2, -0.15) is 0 Å². The minimum absolute atomic E-state index is 0.112. The van der Waals surface area contributed by atoms with Crippen molar-refractivity contribution in [3.8, 4) is 0 Å². The van der Waals surface area contributed by atoms with Crippen LogP contribution in [0.1, 0.15) is 13.8 Å². The van der Waals surface area contributed by atoms with E-state index in [2.05, 4.69) is 0 Å². The van der Waals surface area contributed by atoms with Crippen molar-refractivity contribution < 1.29 is 33.3 Å². The van der Waals surface area contributed by atoms with Gasteiger partial charge in [-0.15, -0.1) is 0 Å². The molecule has 0 N–H and O–H groups in total. The van der Waals surface area contributed by atoms with Crippen LogP contribution in [-0.2, 0) is 33.3 Å². The van der Waals surface area contributed by atoms with Crippen LogP contribution in [0.5, 0.6) is 0 Å². The fourth-order valence-electron chi connectivity index (χ4n) is 2.09. The summed E-state index contributed by atoms with van der Waals surface area (Å²) in [6.45, 7) is 3.32. The van der Waals surface area contributed by atoms with Crippen LogP contribution < -0.4 is 0 Å². The second kappa shape index (κ2) is 6.53. The first-order chi connectivity index (χ1) is 10.0. The lowest BCUT2D eigenvalue weighted by Gasteiger charge is -2.29. The molecule has 0 amide bonds. The Morgan fingerprint density at radius 3 is 2.90 bits per heavy atom. The molecule has 1 fully saturated rings. The van der Waals surface area contributed by atoms with E-state index in [1.54, 1.807) is 6.92 Å². The molecule has 0 aromatic heterocycles. The third-order valence-corrected chi connectivity index (χ3v) is 2.95. The number of carbonyl (C=O) groups excluding carboxylic acids is 3. The summed E-state index contributed by atoms with van der Waals surface area (Å²) in [5, 5.41) is 0. The van der Waals surface area contributed by atoms with E-state index in [0.29, 0.717) is 5.57 Å². The Kier molecular flexibility index (Phi) is 4.74. The Balaban J connectivity index is 2.15. The highest BCUT2D eigenvalue weighted by Gasteiger charge is 2.40. The molecule has 2 rings (SSSR count). The molecular weight excluding hydrogens is 280 g/mol. The molecule has 2 aliphatic heterocycles. The lowest BCUT2D eigenvalue weighted by molar-refractivity contribution is -0.151. The standard InChI is InChI=1S/C14H16O7/c1-3-18-13(16)5-4-10-11(20-8(2)15)6-9-12(21-10)7-19-14(9)17/h4-6,10-12H,3,7H2,1-2H3. The fraction of sp³-hybridized carbons (Fsp3) is 0.500. The smallest absolute Gasteiger partial charge is 0.336 e. The molecule has 0 radical (unpaired) electrons. The second-order valence-electron chi connectivity index (χ2n) is 4.50. The Morgan fingerprint density at radius 1 is 1.48 bits per heavy atom. The van der Waals surface area contributed by atoms with Crippen molar-refractivity contribution in [1.29, 1.82) is 0 Å². The summed E-state index contributed by atoms with van der Waals surface area (Å²) in [4.78, 5) is 34.0. The van der Waals surface area contributed by atoms with Gasteiger partial charge in [0.15, 0.2) is 6.10 Å². The Hall–Kier alpha value is -2.15. The molecule has 2 aliphatic rings. The fourth-order valence-corrected chi connectivity index (χ4v) is 2.09. The summed E-state index contributed by atoms with van der Waals surface area (Å²) < 4.78 is 20.4. The molecule has 114 valence electrons. The molecule has 0 aliphatic carbocycles. The van der Waals surface area contributed by atoms with Crippen molar-refractivity contribution in [3.63, 3.8) is 0 Å². The van der Waals surface area contributed by atoms with Gasteiger partial charge in [-0.1, -0.05) is 0 Å². The summed E-state index contributed by atoms with van der Waals surface area (Å²) in [7, 11) is 0. The summed E-state index contributed by atoms with van der Waals surface area (Å²) in [6.07, 6.45) is 2.18. The van der Waals surface area contributed by atoms with Crippen LogP contribution in [0.4, 0.5) is 0 Å². The van der Waals surface area contributed by atoms with Gasteiger partial charge >= 0.3 is 17.9 Å². The predicted octanol–water partition coefficient (Wildman–Crippen LogP) is 0.288. The SMILES string of the molecule is CCOC(=O)C=CC1OC2COC(=O)C2=CC1OC(C)=O. The van der Waals surface area contributed by atoms with Crippen LogP contribution in [0, 0.1) is 0 Å². The summed E-state index contributed by atoms with van der Waals surface area (Å²) in [6, 6.07) is 0. The first-order valence-electron chi connectivity index (χ1n) is 6.57. The highest BCUT2D eigenvalue weighted by atomic mass is 16.6. The van der Waals surface area contributed by atoms with Gasteiger partial charge in [-0.05, 0) is 19.1 Å². The Bertz CT molecular complexity index is 505. The topological polar surface area (TPSA) is 88.1 Å². The molecule has 1 saturated heterocycles. The van der Waals surface area contributed by atoms with Crippen LogP contribution in [0.15, 0.2) is 23.8 Å². The van der Waals surface area contributed by atoms with Gasteiger partial charge in [0.1, 0.15) is 18.8 Å². The van der Waals surface area contributed by atoms with E-state index in [-0.39, 0.29) is 13.2 Å². The Labute approximate surface area is 121 Å². The minimum atomic E-state index is -0.787. The lowest BCUT2D eigenvalue weighted by Crippen LogP contribution is -2.39. The monoisotopic (exact) mass is 296 g/mol. The number of cyclic esters (lactones) is 1. The van der Waals surface area contributed by atoms with Crippen molar-refractivity contribution in [2.45, 2.75) is 32.2 Å². The second-order valence-corrected chi connectivity index (χ2v) is 4.50. The molecule has 0 bridgehead atoms. The normalized spacial score (nSPS) is 27.8. The van der Waals surface area contributed by atoms with Crippen molar-refractivity contribution in [1.82, 2.24) is 0 Å². The quantitative estimate of drug-likeness (QED) is 0.418. The van der Waals surface area contributed by atoms with E-state index in [0.717, 1.165) is 0 Å². The van der Waals surface area contributed by atoms with Gasteiger partial charge in [0.05, 0.1) is 12.2 Å². The number of hydrogen-bond donors (Lipinski definition) is 0. The van der Waals surface area contributed by atoms with E-state index < -0.39 is 36.2 Å². The molecule has 0 spiro atoms. The molecule has 0 aromatic rings. The average molecular weight is 296 g/mol. The van der Waals surface area contributed by atoms with Gasteiger partial charge in [0.25, 0.3) is 0 Å². The molecular formula is C14H16O7. The molecule has 0 aromatic carbocycles. The van der Waals surface area contributed by atoms with Crippen LogP contribution >= 0.6 is 0 Å². The average Bonchev–Trinajstić information content (AvgIpc) is 2.77. The van der Waals surface area contributed by atoms with Crippen LogP contribution in [0.2, 0.25) is 0 Å². The summed E-state index contributed by atoms with van der Waals surface area (Å²) >= 11 is 0. The maximum atomic E-state index is 11.5. The van der Waals surface area contributed by atoms with Gasteiger partial charge in [0.2, 0.25) is 0 Å². The number of ether oxygens (including phenoxy) is 4. The zero-order chi connectivity index (χ0) is 15.4. The van der Waals surface area contributed by atoms with E-state index in [1.807, 2.05) is 0 Å². The number of fused-ring (bicyclic) bond motifs is 1. The molecule has 0 saturated carbocycles. The summed E-state index contributed by atoms with van der Waals surface area (Å²) in [5.74, 6) is -1.51. The number of esters is 3. The van der Waals surface area contributed by atoms with Crippen molar-refractivity contribution in [3.05, 3.63) is 23.8 Å². The van der Waals surface area contributed by atoms with E-state index >= 15 is 0 Å². The highest BCUT2D eigenvalue weighted by molar-refractivity contribution is 5.92. The van der Waals surface area contributed by atoms with Crippen molar-refractivity contribution in [2.75, 3.05) is 13.2 Å². The summed E-state index contributed by atoms with van der Waals surface area (Å²) in [5.41, 5.74) is 0.335. The first kappa shape index (κ1) is 15.2. The van der Waals surface area contributed by atoms with Crippen molar-refractivity contribution in [2.24, 2.45) is 0 Å². The maximum Gasteiger partial charge on any atom is 0.336 e. The molecule has 7 heteroatoms. The van der Waals surface area contributed by atoms with E-state index in [1.165, 1.54) is 25.2 Å². The van der Waals surface area contributed by atoms with Crippen molar-refractivity contribution >= 4 is 17.9 Å². The predicted molar refractivity (Wildman–Crippen MR) is 69.0 cm³/mol. The number of hydrogen-bond acceptors (Lipinski definition) is 7. The minimum Gasteiger partial charge on any atom is -0.463 e. The van der Waals surface area contributed by atoms with E-state index in [9.17, 15) is 14.4 Å². The van der Waals surface area contributed by atoms with Crippen LogP contribution in [-0.4, -0.2) is 49.4 Å². The lowest BCUT2D eigenvalue weighted by atomic mass is 10.0. The molecule has 3 atom stereocenters. The molecule has 2 heterocycles. The molecule has 7 nitrogen and oxygen atoms in total. The zero-order valence-corrected chi connectivity index (χ0v) is 11.7. The molecule has 21 heavy (non-hydrogen) atoms. The van der Waals surface area contributed by atoms with Crippen LogP contribution in [0.3, 0.4) is 0 Å². The number of carbonyl (C=O) groups is 3. The zero-order valence-electron chi connectivity index (χ0n) is 11.7. The van der Waals surface area contributed by atoms with E-state index in [4.69, 9.17) is 18.9 Å².